The first kappa shape index (κ1) is 17.1. The second-order valence-electron chi connectivity index (χ2n) is 5.48. The summed E-state index contributed by atoms with van der Waals surface area (Å²) in [5.41, 5.74) is 1.74. The van der Waals surface area contributed by atoms with Gasteiger partial charge >= 0.3 is 0 Å². The number of allylic oxidation sites excluding steroid dienone is 1. The van der Waals surface area contributed by atoms with Gasteiger partial charge in [-0.1, -0.05) is 36.4 Å². The van der Waals surface area contributed by atoms with Gasteiger partial charge < -0.3 is 20.1 Å². The molecule has 0 radical (unpaired) electrons. The largest absolute Gasteiger partial charge is 0.508 e. The SMILES string of the molecule is COC[C@H](CC=Cc1ccc(O)cc1)[C@H](O)c1ccc(O)cc1. The van der Waals surface area contributed by atoms with Gasteiger partial charge in [0.2, 0.25) is 0 Å². The van der Waals surface area contributed by atoms with Crippen molar-refractivity contribution in [2.45, 2.75) is 12.5 Å². The monoisotopic (exact) mass is 314 g/mol. The van der Waals surface area contributed by atoms with Gasteiger partial charge in [-0.05, 0) is 41.8 Å². The highest BCUT2D eigenvalue weighted by atomic mass is 16.5. The van der Waals surface area contributed by atoms with Gasteiger partial charge in [0.05, 0.1) is 12.7 Å². The zero-order valence-corrected chi connectivity index (χ0v) is 13.1. The molecule has 0 aliphatic heterocycles. The van der Waals surface area contributed by atoms with Crippen LogP contribution in [0.1, 0.15) is 23.7 Å². The maximum absolute atomic E-state index is 10.5. The summed E-state index contributed by atoms with van der Waals surface area (Å²) in [6.07, 6.45) is 3.92. The molecule has 122 valence electrons. The minimum Gasteiger partial charge on any atom is -0.508 e. The number of methoxy groups -OCH3 is 1. The standard InChI is InChI=1S/C19H22O4/c1-23-13-16(19(22)15-7-11-18(21)12-8-15)4-2-3-14-5-9-17(20)10-6-14/h2-3,5-12,16,19-22H,4,13H2,1H3/t16-,19+/m0/s1. The number of phenolic OH excluding ortho intramolecular Hbond substituents is 2. The van der Waals surface area contributed by atoms with Crippen LogP contribution in [-0.4, -0.2) is 29.0 Å². The van der Waals surface area contributed by atoms with Crippen molar-refractivity contribution in [3.05, 3.63) is 65.7 Å². The van der Waals surface area contributed by atoms with Gasteiger partial charge in [-0.2, -0.15) is 0 Å². The van der Waals surface area contributed by atoms with Gasteiger partial charge in [0, 0.05) is 13.0 Å². The first-order valence-electron chi connectivity index (χ1n) is 7.51. The van der Waals surface area contributed by atoms with Crippen molar-refractivity contribution in [3.63, 3.8) is 0 Å². The van der Waals surface area contributed by atoms with Crippen LogP contribution in [0.25, 0.3) is 6.08 Å². The molecule has 0 unspecified atom stereocenters. The Morgan fingerprint density at radius 3 is 2.09 bits per heavy atom. The van der Waals surface area contributed by atoms with Crippen LogP contribution in [0, 0.1) is 5.92 Å². The van der Waals surface area contributed by atoms with E-state index in [9.17, 15) is 15.3 Å². The molecule has 2 aromatic carbocycles. The molecule has 0 saturated carbocycles. The first-order chi connectivity index (χ1) is 11.1. The molecule has 0 fully saturated rings. The van der Waals surface area contributed by atoms with Crippen LogP contribution in [0.5, 0.6) is 11.5 Å². The average Bonchev–Trinajstić information content (AvgIpc) is 2.56. The fourth-order valence-corrected chi connectivity index (χ4v) is 2.41. The lowest BCUT2D eigenvalue weighted by molar-refractivity contribution is 0.0487. The molecule has 0 saturated heterocycles. The molecule has 2 aromatic rings. The Morgan fingerprint density at radius 2 is 1.52 bits per heavy atom. The van der Waals surface area contributed by atoms with Gasteiger partial charge in [-0.15, -0.1) is 0 Å². The van der Waals surface area contributed by atoms with E-state index in [4.69, 9.17) is 4.74 Å². The van der Waals surface area contributed by atoms with Crippen molar-refractivity contribution in [1.29, 1.82) is 0 Å². The Balaban J connectivity index is 2.02. The van der Waals surface area contributed by atoms with Crippen molar-refractivity contribution in [3.8, 4) is 11.5 Å². The molecule has 0 bridgehead atoms. The third kappa shape index (κ3) is 5.13. The molecular weight excluding hydrogens is 292 g/mol. The van der Waals surface area contributed by atoms with E-state index in [0.29, 0.717) is 13.0 Å². The minimum absolute atomic E-state index is 0.0853. The van der Waals surface area contributed by atoms with Crippen LogP contribution in [0.15, 0.2) is 54.6 Å². The number of aliphatic hydroxyl groups excluding tert-OH is 1. The van der Waals surface area contributed by atoms with Crippen LogP contribution < -0.4 is 0 Å². The molecule has 0 aromatic heterocycles. The number of phenols is 2. The quantitative estimate of drug-likeness (QED) is 0.731. The van der Waals surface area contributed by atoms with E-state index in [2.05, 4.69) is 0 Å². The molecule has 0 heterocycles. The lowest BCUT2D eigenvalue weighted by Gasteiger charge is -2.21. The van der Waals surface area contributed by atoms with E-state index in [0.717, 1.165) is 11.1 Å². The zero-order chi connectivity index (χ0) is 16.7. The number of hydrogen-bond donors (Lipinski definition) is 3. The van der Waals surface area contributed by atoms with Gasteiger partial charge in [0.1, 0.15) is 11.5 Å². The fraction of sp³-hybridized carbons (Fsp3) is 0.263. The summed E-state index contributed by atoms with van der Waals surface area (Å²) in [6.45, 7) is 0.433. The van der Waals surface area contributed by atoms with Crippen LogP contribution in [0.3, 0.4) is 0 Å². The second-order valence-corrected chi connectivity index (χ2v) is 5.48. The minimum atomic E-state index is -0.667. The number of rotatable bonds is 7. The molecule has 2 atom stereocenters. The number of benzene rings is 2. The number of aliphatic hydroxyl groups is 1. The third-order valence-electron chi connectivity index (χ3n) is 3.70. The highest BCUT2D eigenvalue weighted by molar-refractivity contribution is 5.50. The van der Waals surface area contributed by atoms with E-state index in [1.165, 1.54) is 0 Å². The molecule has 0 amide bonds. The van der Waals surface area contributed by atoms with Crippen LogP contribution in [0.4, 0.5) is 0 Å². The molecule has 0 aliphatic carbocycles. The topological polar surface area (TPSA) is 69.9 Å². The molecule has 4 heteroatoms. The molecule has 23 heavy (non-hydrogen) atoms. The maximum atomic E-state index is 10.5. The molecule has 2 rings (SSSR count). The van der Waals surface area contributed by atoms with Crippen molar-refractivity contribution in [1.82, 2.24) is 0 Å². The van der Waals surface area contributed by atoms with E-state index < -0.39 is 6.10 Å². The smallest absolute Gasteiger partial charge is 0.115 e. The molecule has 0 aliphatic rings. The van der Waals surface area contributed by atoms with Crippen molar-refractivity contribution in [2.24, 2.45) is 5.92 Å². The number of hydrogen-bond acceptors (Lipinski definition) is 4. The van der Waals surface area contributed by atoms with Crippen LogP contribution >= 0.6 is 0 Å². The van der Waals surface area contributed by atoms with Gasteiger partial charge in [0.25, 0.3) is 0 Å². The van der Waals surface area contributed by atoms with E-state index >= 15 is 0 Å². The Labute approximate surface area is 136 Å². The maximum Gasteiger partial charge on any atom is 0.115 e. The van der Waals surface area contributed by atoms with E-state index in [1.807, 2.05) is 24.3 Å². The highest BCUT2D eigenvalue weighted by Gasteiger charge is 2.19. The van der Waals surface area contributed by atoms with Gasteiger partial charge in [-0.25, -0.2) is 0 Å². The summed E-state index contributed by atoms with van der Waals surface area (Å²) in [7, 11) is 1.61. The zero-order valence-electron chi connectivity index (χ0n) is 13.1. The Bertz CT molecular complexity index is 617. The predicted molar refractivity (Wildman–Crippen MR) is 90.2 cm³/mol. The van der Waals surface area contributed by atoms with Gasteiger partial charge in [0.15, 0.2) is 0 Å². The molecule has 4 nitrogen and oxygen atoms in total. The lowest BCUT2D eigenvalue weighted by atomic mass is 9.93. The Kier molecular flexibility index (Phi) is 6.20. The summed E-state index contributed by atoms with van der Waals surface area (Å²) in [5.74, 6) is 0.330. The summed E-state index contributed by atoms with van der Waals surface area (Å²) in [6, 6.07) is 13.5. The summed E-state index contributed by atoms with van der Waals surface area (Å²) in [5, 5.41) is 29.1. The fourth-order valence-electron chi connectivity index (χ4n) is 2.41. The first-order valence-corrected chi connectivity index (χ1v) is 7.51. The highest BCUT2D eigenvalue weighted by Crippen LogP contribution is 2.27. The molecule has 0 spiro atoms. The number of aromatic hydroxyl groups is 2. The van der Waals surface area contributed by atoms with Crippen molar-refractivity contribution < 1.29 is 20.1 Å². The normalized spacial score (nSPS) is 14.0. The second kappa shape index (κ2) is 8.36. The third-order valence-corrected chi connectivity index (χ3v) is 3.70. The van der Waals surface area contributed by atoms with Gasteiger partial charge in [-0.3, -0.25) is 0 Å². The summed E-state index contributed by atoms with van der Waals surface area (Å²) < 4.78 is 5.21. The molecule has 3 N–H and O–H groups in total. The van der Waals surface area contributed by atoms with E-state index in [-0.39, 0.29) is 17.4 Å². The number of ether oxygens (including phenoxy) is 1. The van der Waals surface area contributed by atoms with Crippen LogP contribution in [-0.2, 0) is 4.74 Å². The Hall–Kier alpha value is -2.30. The Morgan fingerprint density at radius 1 is 0.957 bits per heavy atom. The predicted octanol–water partition coefficient (Wildman–Crippen LogP) is 3.50. The van der Waals surface area contributed by atoms with E-state index in [1.54, 1.807) is 43.5 Å². The lowest BCUT2D eigenvalue weighted by Crippen LogP contribution is -2.17. The van der Waals surface area contributed by atoms with Crippen molar-refractivity contribution in [2.75, 3.05) is 13.7 Å². The summed E-state index contributed by atoms with van der Waals surface area (Å²) in [4.78, 5) is 0. The molecular formula is C19H22O4. The van der Waals surface area contributed by atoms with Crippen molar-refractivity contribution >= 4 is 6.08 Å². The van der Waals surface area contributed by atoms with Crippen LogP contribution in [0.2, 0.25) is 0 Å². The average molecular weight is 314 g/mol. The summed E-state index contributed by atoms with van der Waals surface area (Å²) >= 11 is 0.